The van der Waals surface area contributed by atoms with E-state index in [9.17, 15) is 4.79 Å². The maximum atomic E-state index is 13.0. The van der Waals surface area contributed by atoms with Gasteiger partial charge in [-0.15, -0.1) is 0 Å². The Hall–Kier alpha value is -2.72. The molecular formula is C26H30ClN3O. The Labute approximate surface area is 189 Å². The van der Waals surface area contributed by atoms with Crippen molar-refractivity contribution in [3.8, 4) is 0 Å². The van der Waals surface area contributed by atoms with Crippen LogP contribution in [0.1, 0.15) is 56.4 Å². The smallest absolute Gasteiger partial charge is 0.318 e. The number of hydrogen-bond donors (Lipinski definition) is 2. The average Bonchev–Trinajstić information content (AvgIpc) is 3.17. The number of fused-ring (bicyclic) bond motifs is 1. The van der Waals surface area contributed by atoms with Crippen molar-refractivity contribution in [2.45, 2.75) is 45.1 Å². The highest BCUT2D eigenvalue weighted by molar-refractivity contribution is 6.31. The van der Waals surface area contributed by atoms with Gasteiger partial charge in [0.15, 0.2) is 0 Å². The predicted octanol–water partition coefficient (Wildman–Crippen LogP) is 6.68. The van der Waals surface area contributed by atoms with E-state index in [4.69, 9.17) is 11.6 Å². The molecule has 162 valence electrons. The maximum absolute atomic E-state index is 13.0. The highest BCUT2D eigenvalue weighted by atomic mass is 35.5. The number of nitrogens with one attached hydrogen (secondary N) is 2. The Morgan fingerprint density at radius 3 is 2.61 bits per heavy atom. The number of halogens is 1. The van der Waals surface area contributed by atoms with Crippen molar-refractivity contribution in [2.75, 3.05) is 13.1 Å². The highest BCUT2D eigenvalue weighted by Crippen LogP contribution is 2.31. The fourth-order valence-electron chi connectivity index (χ4n) is 4.33. The van der Waals surface area contributed by atoms with E-state index in [0.29, 0.717) is 5.92 Å². The lowest BCUT2D eigenvalue weighted by Gasteiger charge is -2.35. The summed E-state index contributed by atoms with van der Waals surface area (Å²) in [4.78, 5) is 18.5. The SMILES string of the molecule is C=C(C)c1cccc(C(C)(C)NC(=O)N2CCC(c3cc4cc(Cl)ccc4[nH]3)CC2)c1. The molecule has 2 heterocycles. The summed E-state index contributed by atoms with van der Waals surface area (Å²) in [5, 5.41) is 5.12. The number of rotatable bonds is 4. The Kier molecular flexibility index (Phi) is 5.85. The number of aromatic amines is 1. The summed E-state index contributed by atoms with van der Waals surface area (Å²) in [6.07, 6.45) is 1.89. The van der Waals surface area contributed by atoms with Gasteiger partial charge in [0.2, 0.25) is 0 Å². The lowest BCUT2D eigenvalue weighted by molar-refractivity contribution is 0.171. The molecule has 0 unspecified atom stereocenters. The largest absolute Gasteiger partial charge is 0.358 e. The number of H-pyrrole nitrogens is 1. The van der Waals surface area contributed by atoms with Gasteiger partial charge in [-0.05, 0) is 75.1 Å². The lowest BCUT2D eigenvalue weighted by atomic mass is 9.91. The molecule has 4 rings (SSSR count). The van der Waals surface area contributed by atoms with Crippen molar-refractivity contribution in [3.05, 3.63) is 77.0 Å². The molecule has 1 aliphatic heterocycles. The van der Waals surface area contributed by atoms with Gasteiger partial charge in [0.1, 0.15) is 0 Å². The van der Waals surface area contributed by atoms with Gasteiger partial charge in [0, 0.05) is 40.6 Å². The molecule has 0 spiro atoms. The van der Waals surface area contributed by atoms with Gasteiger partial charge < -0.3 is 15.2 Å². The third-order valence-electron chi connectivity index (χ3n) is 6.32. The second-order valence-corrected chi connectivity index (χ2v) is 9.57. The molecule has 1 aromatic heterocycles. The number of benzene rings is 2. The number of carbonyl (C=O) groups excluding carboxylic acids is 1. The van der Waals surface area contributed by atoms with Crippen LogP contribution in [-0.2, 0) is 5.54 Å². The summed E-state index contributed by atoms with van der Waals surface area (Å²) >= 11 is 6.12. The molecular weight excluding hydrogens is 406 g/mol. The van der Waals surface area contributed by atoms with E-state index >= 15 is 0 Å². The van der Waals surface area contributed by atoms with Crippen LogP contribution in [0.25, 0.3) is 16.5 Å². The number of amides is 2. The van der Waals surface area contributed by atoms with Gasteiger partial charge >= 0.3 is 6.03 Å². The molecule has 0 aliphatic carbocycles. The van der Waals surface area contributed by atoms with Crippen LogP contribution >= 0.6 is 11.6 Å². The molecule has 0 atom stereocenters. The van der Waals surface area contributed by atoms with E-state index in [1.54, 1.807) is 0 Å². The van der Waals surface area contributed by atoms with Crippen molar-refractivity contribution >= 4 is 34.1 Å². The fourth-order valence-corrected chi connectivity index (χ4v) is 4.51. The summed E-state index contributed by atoms with van der Waals surface area (Å²) in [6.45, 7) is 11.6. The van der Waals surface area contributed by atoms with Crippen LogP contribution in [0.3, 0.4) is 0 Å². The van der Waals surface area contributed by atoms with Crippen molar-refractivity contribution in [1.82, 2.24) is 15.2 Å². The topological polar surface area (TPSA) is 48.1 Å². The number of urea groups is 1. The van der Waals surface area contributed by atoms with Gasteiger partial charge in [-0.3, -0.25) is 0 Å². The van der Waals surface area contributed by atoms with E-state index in [0.717, 1.165) is 58.6 Å². The predicted molar refractivity (Wildman–Crippen MR) is 130 cm³/mol. The monoisotopic (exact) mass is 435 g/mol. The molecule has 2 amide bonds. The van der Waals surface area contributed by atoms with E-state index in [1.807, 2.05) is 56.0 Å². The molecule has 1 fully saturated rings. The van der Waals surface area contributed by atoms with Gasteiger partial charge in [-0.2, -0.15) is 0 Å². The highest BCUT2D eigenvalue weighted by Gasteiger charge is 2.29. The number of likely N-dealkylation sites (tertiary alicyclic amines) is 1. The van der Waals surface area contributed by atoms with Gasteiger partial charge in [-0.25, -0.2) is 4.79 Å². The van der Waals surface area contributed by atoms with Crippen LogP contribution in [0, 0.1) is 0 Å². The minimum absolute atomic E-state index is 0.00685. The normalized spacial score (nSPS) is 15.3. The van der Waals surface area contributed by atoms with Crippen molar-refractivity contribution in [1.29, 1.82) is 0 Å². The van der Waals surface area contributed by atoms with E-state index < -0.39 is 5.54 Å². The van der Waals surface area contributed by atoms with Gasteiger partial charge in [-0.1, -0.05) is 42.0 Å². The third kappa shape index (κ3) is 4.64. The second-order valence-electron chi connectivity index (χ2n) is 9.13. The first-order chi connectivity index (χ1) is 14.7. The van der Waals surface area contributed by atoms with Crippen LogP contribution in [0.5, 0.6) is 0 Å². The van der Waals surface area contributed by atoms with E-state index in [-0.39, 0.29) is 6.03 Å². The van der Waals surface area contributed by atoms with Crippen molar-refractivity contribution < 1.29 is 4.79 Å². The average molecular weight is 436 g/mol. The number of allylic oxidation sites excluding steroid dienone is 1. The van der Waals surface area contributed by atoms with Crippen LogP contribution in [0.15, 0.2) is 55.1 Å². The molecule has 4 nitrogen and oxygen atoms in total. The molecule has 3 aromatic rings. The number of nitrogens with zero attached hydrogens (tertiary/aromatic N) is 1. The molecule has 2 aromatic carbocycles. The minimum atomic E-state index is -0.462. The van der Waals surface area contributed by atoms with E-state index in [2.05, 4.69) is 35.1 Å². The minimum Gasteiger partial charge on any atom is -0.358 e. The first-order valence-corrected chi connectivity index (χ1v) is 11.2. The van der Waals surface area contributed by atoms with E-state index in [1.165, 1.54) is 5.69 Å². The summed E-state index contributed by atoms with van der Waals surface area (Å²) in [5.74, 6) is 0.426. The summed E-state index contributed by atoms with van der Waals surface area (Å²) in [6, 6.07) is 16.3. The number of piperidine rings is 1. The lowest BCUT2D eigenvalue weighted by Crippen LogP contribution is -2.50. The number of hydrogen-bond acceptors (Lipinski definition) is 1. The Balaban J connectivity index is 1.39. The summed E-state index contributed by atoms with van der Waals surface area (Å²) < 4.78 is 0. The number of carbonyl (C=O) groups is 1. The van der Waals surface area contributed by atoms with Crippen molar-refractivity contribution in [3.63, 3.8) is 0 Å². The van der Waals surface area contributed by atoms with Gasteiger partial charge in [0.25, 0.3) is 0 Å². The number of aromatic nitrogens is 1. The zero-order valence-corrected chi connectivity index (χ0v) is 19.2. The van der Waals surface area contributed by atoms with Crippen LogP contribution in [-0.4, -0.2) is 29.0 Å². The Morgan fingerprint density at radius 1 is 1.16 bits per heavy atom. The Morgan fingerprint density at radius 2 is 1.90 bits per heavy atom. The molecule has 0 saturated carbocycles. The first kappa shape index (κ1) is 21.5. The van der Waals surface area contributed by atoms with Crippen LogP contribution in [0.2, 0.25) is 5.02 Å². The molecule has 31 heavy (non-hydrogen) atoms. The zero-order chi connectivity index (χ0) is 22.2. The first-order valence-electron chi connectivity index (χ1n) is 10.8. The molecule has 1 saturated heterocycles. The third-order valence-corrected chi connectivity index (χ3v) is 6.56. The van der Waals surface area contributed by atoms with Crippen molar-refractivity contribution in [2.24, 2.45) is 0 Å². The Bertz CT molecular complexity index is 1120. The maximum Gasteiger partial charge on any atom is 0.318 e. The molecule has 5 heteroatoms. The van der Waals surface area contributed by atoms with Gasteiger partial charge in [0.05, 0.1) is 5.54 Å². The molecule has 0 radical (unpaired) electrons. The molecule has 0 bridgehead atoms. The standard InChI is InChI=1S/C26H30ClN3O/c1-17(2)19-6-5-7-21(14-19)26(3,4)29-25(31)30-12-10-18(11-13-30)24-16-20-15-22(27)8-9-23(20)28-24/h5-9,14-16,18,28H,1,10-13H2,2-4H3,(H,29,31). The molecule has 1 aliphatic rings. The van der Waals surface area contributed by atoms with Crippen LogP contribution < -0.4 is 5.32 Å². The summed E-state index contributed by atoms with van der Waals surface area (Å²) in [5.41, 5.74) is 5.07. The quantitative estimate of drug-likeness (QED) is 0.471. The summed E-state index contributed by atoms with van der Waals surface area (Å²) in [7, 11) is 0. The second kappa shape index (κ2) is 8.43. The van der Waals surface area contributed by atoms with Crippen LogP contribution in [0.4, 0.5) is 4.79 Å². The fraction of sp³-hybridized carbons (Fsp3) is 0.346. The molecule has 2 N–H and O–H groups in total. The zero-order valence-electron chi connectivity index (χ0n) is 18.5.